The Morgan fingerprint density at radius 2 is 2.47 bits per heavy atom. The summed E-state index contributed by atoms with van der Waals surface area (Å²) < 4.78 is 5.63. The SMILES string of the molecule is CCC1CN(c2ccc(C(N)=S)cn2)CCO1. The minimum Gasteiger partial charge on any atom is -0.389 e. The van der Waals surface area contributed by atoms with Crippen LogP contribution in [0.2, 0.25) is 0 Å². The number of hydrogen-bond acceptors (Lipinski definition) is 4. The van der Waals surface area contributed by atoms with Crippen molar-refractivity contribution < 1.29 is 4.74 Å². The molecule has 0 aliphatic carbocycles. The maximum atomic E-state index is 5.63. The standard InChI is InChI=1S/C12H17N3OS/c1-2-10-8-15(5-6-16-10)11-4-3-9(7-14-11)12(13)17/h3-4,7,10H,2,5-6,8H2,1H3,(H2,13,17). The van der Waals surface area contributed by atoms with Crippen LogP contribution in [0.15, 0.2) is 18.3 Å². The molecule has 0 radical (unpaired) electrons. The van der Waals surface area contributed by atoms with Crippen molar-refractivity contribution in [1.29, 1.82) is 0 Å². The van der Waals surface area contributed by atoms with Gasteiger partial charge in [0.15, 0.2) is 0 Å². The molecular formula is C12H17N3OS. The van der Waals surface area contributed by atoms with E-state index in [-0.39, 0.29) is 0 Å². The van der Waals surface area contributed by atoms with Crippen LogP contribution in [0.5, 0.6) is 0 Å². The third-order valence-electron chi connectivity index (χ3n) is 2.95. The largest absolute Gasteiger partial charge is 0.389 e. The molecule has 0 amide bonds. The van der Waals surface area contributed by atoms with Gasteiger partial charge in [-0.2, -0.15) is 0 Å². The van der Waals surface area contributed by atoms with Gasteiger partial charge in [-0.1, -0.05) is 19.1 Å². The highest BCUT2D eigenvalue weighted by atomic mass is 32.1. The first kappa shape index (κ1) is 12.3. The lowest BCUT2D eigenvalue weighted by atomic mass is 10.2. The molecule has 1 aliphatic rings. The molecule has 2 rings (SSSR count). The lowest BCUT2D eigenvalue weighted by Gasteiger charge is -2.33. The number of nitrogens with zero attached hydrogens (tertiary/aromatic N) is 2. The van der Waals surface area contributed by atoms with Crippen LogP contribution < -0.4 is 10.6 Å². The van der Waals surface area contributed by atoms with Crippen LogP contribution >= 0.6 is 12.2 Å². The number of morpholine rings is 1. The Kier molecular flexibility index (Phi) is 3.91. The van der Waals surface area contributed by atoms with E-state index in [4.69, 9.17) is 22.7 Å². The van der Waals surface area contributed by atoms with Gasteiger partial charge in [0.1, 0.15) is 10.8 Å². The Hall–Kier alpha value is -1.20. The molecule has 1 saturated heterocycles. The molecule has 0 saturated carbocycles. The summed E-state index contributed by atoms with van der Waals surface area (Å²) >= 11 is 4.90. The number of nitrogens with two attached hydrogens (primary N) is 1. The van der Waals surface area contributed by atoms with Gasteiger partial charge in [0, 0.05) is 24.8 Å². The molecule has 2 heterocycles. The molecule has 1 fully saturated rings. The zero-order valence-electron chi connectivity index (χ0n) is 9.93. The van der Waals surface area contributed by atoms with Gasteiger partial charge in [-0.3, -0.25) is 0 Å². The Morgan fingerprint density at radius 1 is 1.65 bits per heavy atom. The number of ether oxygens (including phenoxy) is 1. The quantitative estimate of drug-likeness (QED) is 0.821. The van der Waals surface area contributed by atoms with Crippen molar-refractivity contribution in [3.63, 3.8) is 0 Å². The van der Waals surface area contributed by atoms with E-state index in [1.807, 2.05) is 12.1 Å². The van der Waals surface area contributed by atoms with Gasteiger partial charge in [0.25, 0.3) is 0 Å². The van der Waals surface area contributed by atoms with E-state index in [2.05, 4.69) is 16.8 Å². The summed E-state index contributed by atoms with van der Waals surface area (Å²) in [5.74, 6) is 0.965. The summed E-state index contributed by atoms with van der Waals surface area (Å²) in [6.07, 6.45) is 3.07. The number of anilines is 1. The van der Waals surface area contributed by atoms with E-state index in [0.29, 0.717) is 11.1 Å². The molecular weight excluding hydrogens is 234 g/mol. The summed E-state index contributed by atoms with van der Waals surface area (Å²) in [6.45, 7) is 4.68. The zero-order valence-corrected chi connectivity index (χ0v) is 10.7. The lowest BCUT2D eigenvalue weighted by molar-refractivity contribution is 0.0382. The van der Waals surface area contributed by atoms with Gasteiger partial charge in [-0.25, -0.2) is 4.98 Å². The number of thiocarbonyl (C=S) groups is 1. The second kappa shape index (κ2) is 5.42. The first-order chi connectivity index (χ1) is 8.20. The molecule has 1 aromatic rings. The molecule has 0 aromatic carbocycles. The average molecular weight is 251 g/mol. The highest BCUT2D eigenvalue weighted by Crippen LogP contribution is 2.16. The normalized spacial score (nSPS) is 20.3. The van der Waals surface area contributed by atoms with Crippen LogP contribution in [-0.2, 0) is 4.74 Å². The molecule has 1 aromatic heterocycles. The first-order valence-corrected chi connectivity index (χ1v) is 6.24. The minimum atomic E-state index is 0.306. The second-order valence-electron chi connectivity index (χ2n) is 4.12. The van der Waals surface area contributed by atoms with E-state index >= 15 is 0 Å². The Morgan fingerprint density at radius 3 is 3.06 bits per heavy atom. The summed E-state index contributed by atoms with van der Waals surface area (Å²) in [7, 11) is 0. The second-order valence-corrected chi connectivity index (χ2v) is 4.56. The van der Waals surface area contributed by atoms with Gasteiger partial charge in [-0.15, -0.1) is 0 Å². The van der Waals surface area contributed by atoms with E-state index in [1.54, 1.807) is 6.20 Å². The van der Waals surface area contributed by atoms with Crippen LogP contribution in [-0.4, -0.2) is 35.8 Å². The Labute approximate surface area is 107 Å². The Bertz CT molecular complexity index is 393. The molecule has 1 unspecified atom stereocenters. The number of hydrogen-bond donors (Lipinski definition) is 1. The molecule has 1 aliphatic heterocycles. The number of aromatic nitrogens is 1. The number of rotatable bonds is 3. The monoisotopic (exact) mass is 251 g/mol. The fraction of sp³-hybridized carbons (Fsp3) is 0.500. The highest BCUT2D eigenvalue weighted by molar-refractivity contribution is 7.80. The van der Waals surface area contributed by atoms with Crippen molar-refractivity contribution in [2.24, 2.45) is 5.73 Å². The van der Waals surface area contributed by atoms with Crippen LogP contribution in [0.1, 0.15) is 18.9 Å². The predicted molar refractivity (Wildman–Crippen MR) is 72.4 cm³/mol. The van der Waals surface area contributed by atoms with Crippen molar-refractivity contribution in [3.05, 3.63) is 23.9 Å². The van der Waals surface area contributed by atoms with E-state index in [9.17, 15) is 0 Å². The van der Waals surface area contributed by atoms with Crippen LogP contribution in [0.25, 0.3) is 0 Å². The molecule has 17 heavy (non-hydrogen) atoms. The van der Waals surface area contributed by atoms with Crippen molar-refractivity contribution in [2.45, 2.75) is 19.4 Å². The first-order valence-electron chi connectivity index (χ1n) is 5.83. The highest BCUT2D eigenvalue weighted by Gasteiger charge is 2.19. The molecule has 92 valence electrons. The van der Waals surface area contributed by atoms with E-state index in [1.165, 1.54) is 0 Å². The van der Waals surface area contributed by atoms with Gasteiger partial charge in [-0.05, 0) is 18.6 Å². The van der Waals surface area contributed by atoms with Gasteiger partial charge >= 0.3 is 0 Å². The third kappa shape index (κ3) is 2.92. The molecule has 2 N–H and O–H groups in total. The topological polar surface area (TPSA) is 51.4 Å². The summed E-state index contributed by atoms with van der Waals surface area (Å²) in [5, 5.41) is 0. The third-order valence-corrected chi connectivity index (χ3v) is 3.19. The van der Waals surface area contributed by atoms with Gasteiger partial charge < -0.3 is 15.4 Å². The van der Waals surface area contributed by atoms with Gasteiger partial charge in [0.2, 0.25) is 0 Å². The molecule has 0 bridgehead atoms. The fourth-order valence-electron chi connectivity index (χ4n) is 1.89. The molecule has 4 nitrogen and oxygen atoms in total. The maximum absolute atomic E-state index is 5.63. The summed E-state index contributed by atoms with van der Waals surface area (Å²) in [6, 6.07) is 3.88. The predicted octanol–water partition coefficient (Wildman–Crippen LogP) is 1.33. The fourth-order valence-corrected chi connectivity index (χ4v) is 2.01. The van der Waals surface area contributed by atoms with Crippen molar-refractivity contribution in [3.8, 4) is 0 Å². The van der Waals surface area contributed by atoms with Crippen LogP contribution in [0, 0.1) is 0 Å². The van der Waals surface area contributed by atoms with Crippen molar-refractivity contribution in [2.75, 3.05) is 24.6 Å². The van der Waals surface area contributed by atoms with Crippen LogP contribution in [0.3, 0.4) is 0 Å². The summed E-state index contributed by atoms with van der Waals surface area (Å²) in [4.78, 5) is 7.02. The average Bonchev–Trinajstić information content (AvgIpc) is 2.39. The van der Waals surface area contributed by atoms with E-state index in [0.717, 1.165) is 37.5 Å². The lowest BCUT2D eigenvalue weighted by Crippen LogP contribution is -2.42. The molecule has 5 heteroatoms. The van der Waals surface area contributed by atoms with Crippen molar-refractivity contribution >= 4 is 23.0 Å². The molecule has 1 atom stereocenters. The minimum absolute atomic E-state index is 0.306. The van der Waals surface area contributed by atoms with E-state index < -0.39 is 0 Å². The van der Waals surface area contributed by atoms with Crippen LogP contribution in [0.4, 0.5) is 5.82 Å². The smallest absolute Gasteiger partial charge is 0.128 e. The molecule has 0 spiro atoms. The van der Waals surface area contributed by atoms with Gasteiger partial charge in [0.05, 0.1) is 12.7 Å². The number of pyridine rings is 1. The summed E-state index contributed by atoms with van der Waals surface area (Å²) in [5.41, 5.74) is 6.35. The Balaban J connectivity index is 2.08. The zero-order chi connectivity index (χ0) is 12.3. The van der Waals surface area contributed by atoms with Crippen molar-refractivity contribution in [1.82, 2.24) is 4.98 Å². The maximum Gasteiger partial charge on any atom is 0.128 e.